The zero-order chi connectivity index (χ0) is 16.9. The lowest BCUT2D eigenvalue weighted by molar-refractivity contribution is -0.133. The summed E-state index contributed by atoms with van der Waals surface area (Å²) in [5, 5.41) is 19.9. The van der Waals surface area contributed by atoms with Crippen molar-refractivity contribution in [2.24, 2.45) is 0 Å². The Morgan fingerprint density at radius 1 is 1.32 bits per heavy atom. The molecule has 1 heterocycles. The van der Waals surface area contributed by atoms with E-state index in [1.54, 1.807) is 20.8 Å². The number of nitrogens with zero attached hydrogens (tertiary/aromatic N) is 2. The third-order valence-electron chi connectivity index (χ3n) is 1.94. The molecule has 0 radical (unpaired) electrons. The molecule has 0 aliphatic carbocycles. The van der Waals surface area contributed by atoms with Crippen LogP contribution in [0.1, 0.15) is 31.1 Å². The summed E-state index contributed by atoms with van der Waals surface area (Å²) < 4.78 is 5.01. The number of nitrogens with one attached hydrogen (secondary N) is 1. The Labute approximate surface area is 130 Å². The molecular weight excluding hydrogens is 314 g/mol. The monoisotopic (exact) mass is 329 g/mol. The van der Waals surface area contributed by atoms with Gasteiger partial charge in [0.1, 0.15) is 11.2 Å². The molecule has 0 saturated heterocycles. The first-order chi connectivity index (χ1) is 10.1. The fraction of sp³-hybridized carbons (Fsp3) is 0.417. The van der Waals surface area contributed by atoms with Crippen LogP contribution in [0.4, 0.5) is 10.6 Å². The highest BCUT2D eigenvalue weighted by Gasteiger charge is 2.20. The van der Waals surface area contributed by atoms with Crippen molar-refractivity contribution in [3.63, 3.8) is 0 Å². The Balaban J connectivity index is 2.97. The SMILES string of the molecule is CC(C)(C)OC(=O)Nc1nc(SCC(=O)O)ncc1C(=O)O. The molecule has 1 rings (SSSR count). The van der Waals surface area contributed by atoms with Crippen molar-refractivity contribution >= 4 is 35.6 Å². The van der Waals surface area contributed by atoms with E-state index in [0.29, 0.717) is 0 Å². The van der Waals surface area contributed by atoms with Crippen molar-refractivity contribution in [2.45, 2.75) is 31.5 Å². The van der Waals surface area contributed by atoms with Crippen molar-refractivity contribution in [3.05, 3.63) is 11.8 Å². The van der Waals surface area contributed by atoms with Gasteiger partial charge in [0.05, 0.1) is 5.75 Å². The lowest BCUT2D eigenvalue weighted by Crippen LogP contribution is -2.28. The quantitative estimate of drug-likeness (QED) is 0.544. The molecule has 10 heteroatoms. The summed E-state index contributed by atoms with van der Waals surface area (Å²) in [7, 11) is 0. The van der Waals surface area contributed by atoms with E-state index in [0.717, 1.165) is 18.0 Å². The van der Waals surface area contributed by atoms with Gasteiger partial charge in [-0.05, 0) is 20.8 Å². The van der Waals surface area contributed by atoms with Gasteiger partial charge in [-0.25, -0.2) is 19.6 Å². The summed E-state index contributed by atoms with van der Waals surface area (Å²) >= 11 is 0.797. The summed E-state index contributed by atoms with van der Waals surface area (Å²) in [6, 6.07) is 0. The smallest absolute Gasteiger partial charge is 0.413 e. The van der Waals surface area contributed by atoms with Gasteiger partial charge in [0, 0.05) is 6.20 Å². The highest BCUT2D eigenvalue weighted by molar-refractivity contribution is 7.99. The number of carbonyl (C=O) groups is 3. The molecule has 1 aromatic rings. The predicted molar refractivity (Wildman–Crippen MR) is 77.2 cm³/mol. The van der Waals surface area contributed by atoms with Crippen molar-refractivity contribution in [1.29, 1.82) is 0 Å². The molecule has 0 aliphatic rings. The van der Waals surface area contributed by atoms with Crippen molar-refractivity contribution in [1.82, 2.24) is 9.97 Å². The molecule has 1 amide bonds. The van der Waals surface area contributed by atoms with Gasteiger partial charge in [0.15, 0.2) is 11.0 Å². The molecule has 0 spiro atoms. The Kier molecular flexibility index (Phi) is 5.69. The van der Waals surface area contributed by atoms with Crippen LogP contribution in [0, 0.1) is 0 Å². The van der Waals surface area contributed by atoms with E-state index >= 15 is 0 Å². The maximum absolute atomic E-state index is 11.7. The van der Waals surface area contributed by atoms with E-state index in [-0.39, 0.29) is 22.3 Å². The molecule has 1 aromatic heterocycles. The summed E-state index contributed by atoms with van der Waals surface area (Å²) in [6.45, 7) is 4.95. The largest absolute Gasteiger partial charge is 0.481 e. The average molecular weight is 329 g/mol. The second kappa shape index (κ2) is 7.07. The fourth-order valence-corrected chi connectivity index (χ4v) is 1.75. The molecule has 3 N–H and O–H groups in total. The predicted octanol–water partition coefficient (Wildman–Crippen LogP) is 1.70. The summed E-state index contributed by atoms with van der Waals surface area (Å²) in [4.78, 5) is 40.9. The van der Waals surface area contributed by atoms with E-state index in [4.69, 9.17) is 14.9 Å². The third-order valence-corrected chi connectivity index (χ3v) is 2.79. The highest BCUT2D eigenvalue weighted by Crippen LogP contribution is 2.19. The van der Waals surface area contributed by atoms with Gasteiger partial charge in [-0.15, -0.1) is 0 Å². The molecule has 22 heavy (non-hydrogen) atoms. The normalized spacial score (nSPS) is 10.9. The van der Waals surface area contributed by atoms with Crippen LogP contribution in [0.5, 0.6) is 0 Å². The Morgan fingerprint density at radius 3 is 2.45 bits per heavy atom. The Hall–Kier alpha value is -2.36. The van der Waals surface area contributed by atoms with Crippen LogP contribution >= 0.6 is 11.8 Å². The summed E-state index contributed by atoms with van der Waals surface area (Å²) in [5.41, 5.74) is -1.09. The number of hydrogen-bond acceptors (Lipinski definition) is 7. The number of aromatic carboxylic acids is 1. The molecule has 0 unspecified atom stereocenters. The molecule has 0 saturated carbocycles. The summed E-state index contributed by atoms with van der Waals surface area (Å²) in [5.74, 6) is -2.96. The van der Waals surface area contributed by atoms with Gasteiger partial charge in [-0.1, -0.05) is 11.8 Å². The van der Waals surface area contributed by atoms with Gasteiger partial charge in [0.25, 0.3) is 0 Å². The molecule has 0 aromatic carbocycles. The first kappa shape index (κ1) is 17.7. The molecule has 0 aliphatic heterocycles. The topological polar surface area (TPSA) is 139 Å². The van der Waals surface area contributed by atoms with Gasteiger partial charge < -0.3 is 14.9 Å². The number of rotatable bonds is 5. The Morgan fingerprint density at radius 2 is 1.95 bits per heavy atom. The molecular formula is C12H15N3O6S. The first-order valence-electron chi connectivity index (χ1n) is 6.03. The summed E-state index contributed by atoms with van der Waals surface area (Å²) in [6.07, 6.45) is 0.120. The number of carboxylic acids is 2. The Bertz CT molecular complexity index is 599. The van der Waals surface area contributed by atoms with Gasteiger partial charge in [0.2, 0.25) is 0 Å². The highest BCUT2D eigenvalue weighted by atomic mass is 32.2. The number of anilines is 1. The van der Waals surface area contributed by atoms with Crippen LogP contribution in [0.2, 0.25) is 0 Å². The van der Waals surface area contributed by atoms with Crippen molar-refractivity contribution in [3.8, 4) is 0 Å². The minimum atomic E-state index is -1.33. The van der Waals surface area contributed by atoms with Crippen LogP contribution in [0.25, 0.3) is 0 Å². The number of aromatic nitrogens is 2. The van der Waals surface area contributed by atoms with Crippen LogP contribution in [0.3, 0.4) is 0 Å². The van der Waals surface area contributed by atoms with E-state index in [9.17, 15) is 14.4 Å². The second-order valence-electron chi connectivity index (χ2n) is 5.03. The van der Waals surface area contributed by atoms with Gasteiger partial charge in [-0.2, -0.15) is 0 Å². The number of amides is 1. The molecule has 0 atom stereocenters. The zero-order valence-corrected chi connectivity index (χ0v) is 12.9. The van der Waals surface area contributed by atoms with Gasteiger partial charge in [-0.3, -0.25) is 10.1 Å². The number of ether oxygens (including phenoxy) is 1. The van der Waals surface area contributed by atoms with E-state index in [1.807, 2.05) is 0 Å². The second-order valence-corrected chi connectivity index (χ2v) is 5.97. The first-order valence-corrected chi connectivity index (χ1v) is 7.02. The van der Waals surface area contributed by atoms with E-state index in [2.05, 4.69) is 15.3 Å². The van der Waals surface area contributed by atoms with Crippen LogP contribution in [0.15, 0.2) is 11.4 Å². The number of aliphatic carboxylic acids is 1. The number of thioether (sulfide) groups is 1. The minimum absolute atomic E-state index is 0.0264. The lowest BCUT2D eigenvalue weighted by atomic mass is 10.2. The minimum Gasteiger partial charge on any atom is -0.481 e. The third kappa shape index (κ3) is 5.95. The molecule has 120 valence electrons. The van der Waals surface area contributed by atoms with Crippen molar-refractivity contribution < 1.29 is 29.3 Å². The fourth-order valence-electron chi connectivity index (χ4n) is 1.21. The van der Waals surface area contributed by atoms with E-state index in [1.165, 1.54) is 0 Å². The number of carbonyl (C=O) groups excluding carboxylic acids is 1. The zero-order valence-electron chi connectivity index (χ0n) is 12.1. The van der Waals surface area contributed by atoms with Crippen LogP contribution < -0.4 is 5.32 Å². The maximum Gasteiger partial charge on any atom is 0.413 e. The molecule has 9 nitrogen and oxygen atoms in total. The number of carboxylic acid groups (broad SMARTS) is 2. The molecule has 0 fully saturated rings. The number of hydrogen-bond donors (Lipinski definition) is 3. The van der Waals surface area contributed by atoms with Crippen molar-refractivity contribution in [2.75, 3.05) is 11.1 Å². The maximum atomic E-state index is 11.7. The lowest BCUT2D eigenvalue weighted by Gasteiger charge is -2.19. The molecule has 0 bridgehead atoms. The van der Waals surface area contributed by atoms with E-state index < -0.39 is 23.6 Å². The van der Waals surface area contributed by atoms with Crippen LogP contribution in [-0.4, -0.2) is 49.6 Å². The average Bonchev–Trinajstić information content (AvgIpc) is 2.33. The van der Waals surface area contributed by atoms with Crippen LogP contribution in [-0.2, 0) is 9.53 Å². The standard InChI is InChI=1S/C12H15N3O6S/c1-12(2,3)21-11(20)15-8-6(9(18)19)4-13-10(14-8)22-5-7(16)17/h4H,5H2,1-3H3,(H,16,17)(H,18,19)(H,13,14,15,20). The van der Waals surface area contributed by atoms with Gasteiger partial charge >= 0.3 is 18.0 Å².